The number of imidazole rings is 1. The SMILES string of the molecule is Cc1cc(=O)n2[nH]c(C3CCN(C(=O)C[C@@H](C)n4ccnc4)CC3)cc2n1. The fraction of sp³-hybridized carbons (Fsp3) is 0.474. The summed E-state index contributed by atoms with van der Waals surface area (Å²) < 4.78 is 3.45. The maximum atomic E-state index is 12.6. The number of hydrogen-bond donors (Lipinski definition) is 1. The Morgan fingerprint density at radius 1 is 1.33 bits per heavy atom. The van der Waals surface area contributed by atoms with Crippen molar-refractivity contribution in [3.63, 3.8) is 0 Å². The lowest BCUT2D eigenvalue weighted by atomic mass is 9.93. The fourth-order valence-corrected chi connectivity index (χ4v) is 3.80. The highest BCUT2D eigenvalue weighted by Crippen LogP contribution is 2.28. The van der Waals surface area contributed by atoms with Gasteiger partial charge in [-0.1, -0.05) is 0 Å². The number of aromatic nitrogens is 5. The smallest absolute Gasteiger partial charge is 0.272 e. The monoisotopic (exact) mass is 368 g/mol. The van der Waals surface area contributed by atoms with Crippen LogP contribution in [-0.4, -0.2) is 48.0 Å². The van der Waals surface area contributed by atoms with Gasteiger partial charge in [0.2, 0.25) is 5.91 Å². The van der Waals surface area contributed by atoms with Crippen LogP contribution in [0.15, 0.2) is 35.6 Å². The van der Waals surface area contributed by atoms with Crippen LogP contribution in [-0.2, 0) is 4.79 Å². The van der Waals surface area contributed by atoms with Crippen molar-refractivity contribution in [2.75, 3.05) is 13.1 Å². The Morgan fingerprint density at radius 3 is 2.81 bits per heavy atom. The lowest BCUT2D eigenvalue weighted by molar-refractivity contribution is -0.133. The van der Waals surface area contributed by atoms with Gasteiger partial charge >= 0.3 is 0 Å². The minimum atomic E-state index is -0.0927. The molecule has 1 aliphatic rings. The van der Waals surface area contributed by atoms with Crippen molar-refractivity contribution in [3.05, 3.63) is 52.6 Å². The summed E-state index contributed by atoms with van der Waals surface area (Å²) in [4.78, 5) is 35.1. The second-order valence-corrected chi connectivity index (χ2v) is 7.36. The molecule has 8 nitrogen and oxygen atoms in total. The summed E-state index contributed by atoms with van der Waals surface area (Å²) in [7, 11) is 0. The number of fused-ring (bicyclic) bond motifs is 1. The molecule has 0 saturated carbocycles. The van der Waals surface area contributed by atoms with Gasteiger partial charge in [0.05, 0.1) is 6.33 Å². The first-order valence-electron chi connectivity index (χ1n) is 9.36. The summed E-state index contributed by atoms with van der Waals surface area (Å²) in [6, 6.07) is 3.58. The van der Waals surface area contributed by atoms with E-state index in [0.29, 0.717) is 18.0 Å². The molecule has 27 heavy (non-hydrogen) atoms. The lowest BCUT2D eigenvalue weighted by Crippen LogP contribution is -2.38. The van der Waals surface area contributed by atoms with Gasteiger partial charge in [0, 0.05) is 67.4 Å². The molecule has 8 heteroatoms. The van der Waals surface area contributed by atoms with Crippen LogP contribution in [0.4, 0.5) is 0 Å². The number of piperidine rings is 1. The zero-order chi connectivity index (χ0) is 19.0. The first-order valence-corrected chi connectivity index (χ1v) is 9.36. The van der Waals surface area contributed by atoms with Gasteiger partial charge in [-0.15, -0.1) is 0 Å². The fourth-order valence-electron chi connectivity index (χ4n) is 3.80. The molecule has 142 valence electrons. The minimum absolute atomic E-state index is 0.0927. The predicted octanol–water partition coefficient (Wildman–Crippen LogP) is 1.88. The first kappa shape index (κ1) is 17.5. The number of aromatic amines is 1. The van der Waals surface area contributed by atoms with Gasteiger partial charge in [0.1, 0.15) is 0 Å². The second kappa shape index (κ2) is 7.02. The Hall–Kier alpha value is -2.90. The predicted molar refractivity (Wildman–Crippen MR) is 101 cm³/mol. The van der Waals surface area contributed by atoms with E-state index < -0.39 is 0 Å². The second-order valence-electron chi connectivity index (χ2n) is 7.36. The number of likely N-dealkylation sites (tertiary alicyclic amines) is 1. The quantitative estimate of drug-likeness (QED) is 0.762. The van der Waals surface area contributed by atoms with Gasteiger partial charge in [-0.3, -0.25) is 14.7 Å². The first-order chi connectivity index (χ1) is 13.0. The summed E-state index contributed by atoms with van der Waals surface area (Å²) in [5.74, 6) is 0.487. The van der Waals surface area contributed by atoms with Gasteiger partial charge in [-0.2, -0.15) is 0 Å². The van der Waals surface area contributed by atoms with E-state index in [-0.39, 0.29) is 17.5 Å². The molecule has 1 amide bonds. The molecule has 0 radical (unpaired) electrons. The summed E-state index contributed by atoms with van der Waals surface area (Å²) in [6.45, 7) is 5.32. The van der Waals surface area contributed by atoms with E-state index in [1.54, 1.807) is 12.5 Å². The maximum Gasteiger partial charge on any atom is 0.272 e. The number of aryl methyl sites for hydroxylation is 1. The number of nitrogens with zero attached hydrogens (tertiary/aromatic N) is 5. The number of carbonyl (C=O) groups excluding carboxylic acids is 1. The van der Waals surface area contributed by atoms with E-state index in [0.717, 1.165) is 37.3 Å². The molecule has 0 spiro atoms. The Kier molecular flexibility index (Phi) is 4.55. The topological polar surface area (TPSA) is 88.3 Å². The van der Waals surface area contributed by atoms with Crippen LogP contribution in [0.25, 0.3) is 5.65 Å². The largest absolute Gasteiger partial charge is 0.343 e. The molecule has 0 aliphatic carbocycles. The Bertz CT molecular complexity index is 995. The third-order valence-corrected chi connectivity index (χ3v) is 5.39. The molecule has 4 rings (SSSR count). The van der Waals surface area contributed by atoms with Crippen molar-refractivity contribution < 1.29 is 4.79 Å². The molecule has 0 aromatic carbocycles. The molecular formula is C19H24N6O2. The standard InChI is InChI=1S/C19H24N6O2/c1-13-9-19(27)25-17(21-13)11-16(22-25)15-3-6-23(7-4-15)18(26)10-14(2)24-8-5-20-12-24/h5,8-9,11-12,14-15,22H,3-4,6-7,10H2,1-2H3/t14-/m1/s1. The van der Waals surface area contributed by atoms with Crippen molar-refractivity contribution in [2.45, 2.75) is 45.1 Å². The van der Waals surface area contributed by atoms with E-state index in [2.05, 4.69) is 15.1 Å². The highest BCUT2D eigenvalue weighted by molar-refractivity contribution is 5.76. The van der Waals surface area contributed by atoms with Crippen LogP contribution < -0.4 is 5.56 Å². The number of rotatable bonds is 4. The number of nitrogens with one attached hydrogen (secondary N) is 1. The normalized spacial score (nSPS) is 16.7. The number of hydrogen-bond acceptors (Lipinski definition) is 4. The van der Waals surface area contributed by atoms with E-state index in [9.17, 15) is 9.59 Å². The molecular weight excluding hydrogens is 344 g/mol. The van der Waals surface area contributed by atoms with Crippen molar-refractivity contribution in [2.24, 2.45) is 0 Å². The zero-order valence-corrected chi connectivity index (χ0v) is 15.6. The number of amides is 1. The van der Waals surface area contributed by atoms with Crippen LogP contribution in [0.5, 0.6) is 0 Å². The van der Waals surface area contributed by atoms with E-state index in [4.69, 9.17) is 0 Å². The van der Waals surface area contributed by atoms with Crippen LogP contribution in [0.3, 0.4) is 0 Å². The van der Waals surface area contributed by atoms with E-state index in [1.165, 1.54) is 10.6 Å². The van der Waals surface area contributed by atoms with Crippen molar-refractivity contribution >= 4 is 11.6 Å². The third-order valence-electron chi connectivity index (χ3n) is 5.39. The van der Waals surface area contributed by atoms with Gasteiger partial charge < -0.3 is 9.47 Å². The molecule has 0 unspecified atom stereocenters. The highest BCUT2D eigenvalue weighted by atomic mass is 16.2. The molecule has 1 aliphatic heterocycles. The summed E-state index contributed by atoms with van der Waals surface area (Å²) in [5.41, 5.74) is 2.30. The summed E-state index contributed by atoms with van der Waals surface area (Å²) in [5, 5.41) is 3.18. The van der Waals surface area contributed by atoms with Crippen LogP contribution >= 0.6 is 0 Å². The average molecular weight is 368 g/mol. The Morgan fingerprint density at radius 2 is 2.11 bits per heavy atom. The van der Waals surface area contributed by atoms with Gasteiger partial charge in [-0.05, 0) is 26.7 Å². The summed E-state index contributed by atoms with van der Waals surface area (Å²) in [6.07, 6.45) is 7.60. The molecule has 0 bridgehead atoms. The molecule has 4 heterocycles. The number of carbonyl (C=O) groups is 1. The van der Waals surface area contributed by atoms with E-state index in [1.807, 2.05) is 35.6 Å². The molecule has 1 fully saturated rings. The average Bonchev–Trinajstić information content (AvgIpc) is 3.31. The molecule has 1 saturated heterocycles. The van der Waals surface area contributed by atoms with Crippen molar-refractivity contribution in [1.82, 2.24) is 29.0 Å². The van der Waals surface area contributed by atoms with Crippen LogP contribution in [0.1, 0.15) is 49.5 Å². The lowest BCUT2D eigenvalue weighted by Gasteiger charge is -2.32. The number of H-pyrrole nitrogens is 1. The molecule has 1 N–H and O–H groups in total. The minimum Gasteiger partial charge on any atom is -0.343 e. The van der Waals surface area contributed by atoms with Crippen molar-refractivity contribution in [3.8, 4) is 0 Å². The molecule has 3 aromatic heterocycles. The third kappa shape index (κ3) is 3.51. The van der Waals surface area contributed by atoms with Crippen LogP contribution in [0.2, 0.25) is 0 Å². The Balaban J connectivity index is 1.39. The zero-order valence-electron chi connectivity index (χ0n) is 15.6. The highest BCUT2D eigenvalue weighted by Gasteiger charge is 2.26. The maximum absolute atomic E-state index is 12.6. The van der Waals surface area contributed by atoms with E-state index >= 15 is 0 Å². The van der Waals surface area contributed by atoms with Crippen LogP contribution in [0, 0.1) is 6.92 Å². The van der Waals surface area contributed by atoms with Gasteiger partial charge in [-0.25, -0.2) is 14.5 Å². The molecule has 1 atom stereocenters. The summed E-state index contributed by atoms with van der Waals surface area (Å²) >= 11 is 0. The van der Waals surface area contributed by atoms with Gasteiger partial charge in [0.25, 0.3) is 5.56 Å². The Labute approximate surface area is 156 Å². The van der Waals surface area contributed by atoms with Crippen molar-refractivity contribution in [1.29, 1.82) is 0 Å². The molecule has 3 aromatic rings. The van der Waals surface area contributed by atoms with Gasteiger partial charge in [0.15, 0.2) is 5.65 Å².